The van der Waals surface area contributed by atoms with Gasteiger partial charge in [-0.25, -0.2) is 0 Å². The van der Waals surface area contributed by atoms with Gasteiger partial charge in [0.2, 0.25) is 5.78 Å². The van der Waals surface area contributed by atoms with E-state index in [0.717, 1.165) is 33.8 Å². The smallest absolute Gasteiger partial charge is 0.205 e. The van der Waals surface area contributed by atoms with Crippen molar-refractivity contribution in [2.75, 3.05) is 7.11 Å². The van der Waals surface area contributed by atoms with Gasteiger partial charge in [-0.3, -0.25) is 4.79 Å². The van der Waals surface area contributed by atoms with Crippen molar-refractivity contribution in [3.05, 3.63) is 71.1 Å². The molecule has 0 aliphatic heterocycles. The number of Topliss-reactive ketones (excluding diaryl/α,β-unsaturated/α-hetero) is 1. The number of fused-ring (bicyclic) bond motifs is 2. The van der Waals surface area contributed by atoms with Crippen LogP contribution < -0.4 is 4.74 Å². The van der Waals surface area contributed by atoms with Crippen molar-refractivity contribution in [1.29, 1.82) is 5.26 Å². The molecule has 4 aromatic rings. The van der Waals surface area contributed by atoms with Gasteiger partial charge in [-0.2, -0.15) is 5.26 Å². The second-order valence-electron chi connectivity index (χ2n) is 6.55. The maximum Gasteiger partial charge on any atom is 0.205 e. The Morgan fingerprint density at radius 2 is 2.04 bits per heavy atom. The Kier molecular flexibility index (Phi) is 4.46. The van der Waals surface area contributed by atoms with E-state index in [-0.39, 0.29) is 11.4 Å². The van der Waals surface area contributed by atoms with Gasteiger partial charge >= 0.3 is 0 Å². The average Bonchev–Trinajstić information content (AvgIpc) is 3.34. The van der Waals surface area contributed by atoms with Crippen LogP contribution in [0.4, 0.5) is 0 Å². The van der Waals surface area contributed by atoms with Crippen LogP contribution in [0.5, 0.6) is 5.75 Å². The summed E-state index contributed by atoms with van der Waals surface area (Å²) in [6, 6.07) is 13.6. The minimum Gasteiger partial charge on any atom is -0.497 e. The van der Waals surface area contributed by atoms with Crippen molar-refractivity contribution in [3.63, 3.8) is 0 Å². The molecule has 0 aliphatic carbocycles. The van der Waals surface area contributed by atoms with Crippen molar-refractivity contribution in [1.82, 2.24) is 9.97 Å². The number of carbonyl (C=O) groups is 1. The van der Waals surface area contributed by atoms with Gasteiger partial charge in [0.1, 0.15) is 17.4 Å². The van der Waals surface area contributed by atoms with Gasteiger partial charge in [-0.05, 0) is 36.3 Å². The molecule has 2 heterocycles. The number of carbonyl (C=O) groups excluding carboxylic acids is 1. The van der Waals surface area contributed by atoms with Crippen LogP contribution in [-0.4, -0.2) is 22.9 Å². The molecule has 138 valence electrons. The number of ketones is 1. The molecule has 0 fully saturated rings. The molecule has 28 heavy (non-hydrogen) atoms. The van der Waals surface area contributed by atoms with Crippen LogP contribution in [0, 0.1) is 11.3 Å². The van der Waals surface area contributed by atoms with E-state index in [1.165, 1.54) is 5.56 Å². The number of aromatic nitrogens is 2. The highest BCUT2D eigenvalue weighted by Crippen LogP contribution is 2.28. The Morgan fingerprint density at radius 1 is 1.18 bits per heavy atom. The predicted octanol–water partition coefficient (Wildman–Crippen LogP) is 5.01. The molecule has 0 bridgehead atoms. The van der Waals surface area contributed by atoms with Crippen LogP contribution in [0.25, 0.3) is 27.9 Å². The number of ether oxygens (including phenoxy) is 1. The molecule has 0 unspecified atom stereocenters. The van der Waals surface area contributed by atoms with Crippen LogP contribution in [-0.2, 0) is 6.42 Å². The van der Waals surface area contributed by atoms with Gasteiger partial charge in [0.25, 0.3) is 0 Å². The topological polar surface area (TPSA) is 81.7 Å². The van der Waals surface area contributed by atoms with E-state index in [1.54, 1.807) is 25.4 Å². The van der Waals surface area contributed by atoms with E-state index in [0.29, 0.717) is 11.3 Å². The minimum atomic E-state index is -0.317. The first-order chi connectivity index (χ1) is 13.7. The molecule has 2 N–H and O–H groups in total. The quantitative estimate of drug-likeness (QED) is 0.295. The first-order valence-corrected chi connectivity index (χ1v) is 9.06. The van der Waals surface area contributed by atoms with Gasteiger partial charge in [0.05, 0.1) is 7.11 Å². The summed E-state index contributed by atoms with van der Waals surface area (Å²) < 4.78 is 5.26. The lowest BCUT2D eigenvalue weighted by Crippen LogP contribution is -2.01. The Bertz CT molecular complexity index is 1270. The SMILES string of the molecule is CCc1cccc2c(C=C(C#N)C(=O)c3c[nH]c4ccc(OC)cc34)c[nH]c12. The fourth-order valence-electron chi connectivity index (χ4n) is 3.52. The van der Waals surface area contributed by atoms with E-state index in [9.17, 15) is 10.1 Å². The molecule has 4 rings (SSSR count). The first-order valence-electron chi connectivity index (χ1n) is 9.06. The monoisotopic (exact) mass is 369 g/mol. The molecule has 0 atom stereocenters. The number of para-hydroxylation sites is 1. The largest absolute Gasteiger partial charge is 0.497 e. The number of hydrogen-bond donors (Lipinski definition) is 2. The van der Waals surface area contributed by atoms with Gasteiger partial charge in [0.15, 0.2) is 0 Å². The van der Waals surface area contributed by atoms with E-state index < -0.39 is 0 Å². The fraction of sp³-hybridized carbons (Fsp3) is 0.130. The number of aryl methyl sites for hydroxylation is 1. The van der Waals surface area contributed by atoms with Gasteiger partial charge in [0, 0.05) is 45.3 Å². The summed E-state index contributed by atoms with van der Waals surface area (Å²) in [7, 11) is 1.58. The number of nitriles is 1. The molecule has 0 radical (unpaired) electrons. The molecule has 0 saturated carbocycles. The zero-order valence-corrected chi connectivity index (χ0v) is 15.7. The standard InChI is InChI=1S/C23H19N3O2/c1-3-14-5-4-6-18-16(12-26-22(14)18)9-15(11-24)23(27)20-13-25-21-8-7-17(28-2)10-19(20)21/h4-10,12-13,25-26H,3H2,1-2H3. The normalized spacial score (nSPS) is 11.7. The second kappa shape index (κ2) is 7.09. The lowest BCUT2D eigenvalue weighted by Gasteiger charge is -2.02. The maximum absolute atomic E-state index is 13.1. The maximum atomic E-state index is 13.1. The Labute approximate surface area is 162 Å². The molecule has 0 spiro atoms. The molecule has 5 nitrogen and oxygen atoms in total. The number of nitrogens with one attached hydrogen (secondary N) is 2. The lowest BCUT2D eigenvalue weighted by molar-refractivity contribution is 0.104. The van der Waals surface area contributed by atoms with Gasteiger partial charge in [-0.15, -0.1) is 0 Å². The number of nitrogens with zero attached hydrogens (tertiary/aromatic N) is 1. The van der Waals surface area contributed by atoms with Crippen LogP contribution in [0.1, 0.15) is 28.4 Å². The number of allylic oxidation sites excluding steroid dienone is 1. The highest BCUT2D eigenvalue weighted by Gasteiger charge is 2.18. The summed E-state index contributed by atoms with van der Waals surface area (Å²) in [5.41, 5.74) is 4.43. The first kappa shape index (κ1) is 17.6. The number of hydrogen-bond acceptors (Lipinski definition) is 3. The van der Waals surface area contributed by atoms with E-state index in [1.807, 2.05) is 30.5 Å². The van der Waals surface area contributed by atoms with Crippen molar-refractivity contribution in [2.24, 2.45) is 0 Å². The Balaban J connectivity index is 1.80. The van der Waals surface area contributed by atoms with E-state index in [4.69, 9.17) is 4.74 Å². The Morgan fingerprint density at radius 3 is 2.79 bits per heavy atom. The number of aromatic amines is 2. The molecular weight excluding hydrogens is 350 g/mol. The van der Waals surface area contributed by atoms with Crippen LogP contribution >= 0.6 is 0 Å². The van der Waals surface area contributed by atoms with Crippen molar-refractivity contribution >= 4 is 33.7 Å². The fourth-order valence-corrected chi connectivity index (χ4v) is 3.52. The number of H-pyrrole nitrogens is 2. The predicted molar refractivity (Wildman–Crippen MR) is 110 cm³/mol. The third-order valence-corrected chi connectivity index (χ3v) is 5.01. The zero-order valence-electron chi connectivity index (χ0n) is 15.7. The number of benzene rings is 2. The summed E-state index contributed by atoms with van der Waals surface area (Å²) in [6.07, 6.45) is 6.04. The van der Waals surface area contributed by atoms with Crippen molar-refractivity contribution in [3.8, 4) is 11.8 Å². The van der Waals surface area contributed by atoms with E-state index in [2.05, 4.69) is 29.0 Å². The van der Waals surface area contributed by atoms with Gasteiger partial charge < -0.3 is 14.7 Å². The molecular formula is C23H19N3O2. The molecule has 0 saturated heterocycles. The van der Waals surface area contributed by atoms with Crippen molar-refractivity contribution in [2.45, 2.75) is 13.3 Å². The molecule has 5 heteroatoms. The van der Waals surface area contributed by atoms with Gasteiger partial charge in [-0.1, -0.05) is 25.1 Å². The van der Waals surface area contributed by atoms with Crippen LogP contribution in [0.15, 0.2) is 54.4 Å². The summed E-state index contributed by atoms with van der Waals surface area (Å²) in [6.45, 7) is 2.10. The van der Waals surface area contributed by atoms with Crippen LogP contribution in [0.2, 0.25) is 0 Å². The molecule has 2 aromatic carbocycles. The summed E-state index contributed by atoms with van der Waals surface area (Å²) >= 11 is 0. The molecule has 0 amide bonds. The number of rotatable bonds is 5. The second-order valence-corrected chi connectivity index (χ2v) is 6.55. The highest BCUT2D eigenvalue weighted by atomic mass is 16.5. The highest BCUT2D eigenvalue weighted by molar-refractivity contribution is 6.20. The third-order valence-electron chi connectivity index (χ3n) is 5.01. The third kappa shape index (κ3) is 2.85. The van der Waals surface area contributed by atoms with E-state index >= 15 is 0 Å². The lowest BCUT2D eigenvalue weighted by atomic mass is 10.0. The summed E-state index contributed by atoms with van der Waals surface area (Å²) in [4.78, 5) is 19.4. The molecule has 0 aliphatic rings. The average molecular weight is 369 g/mol. The van der Waals surface area contributed by atoms with Crippen LogP contribution in [0.3, 0.4) is 0 Å². The Hall–Kier alpha value is -3.78. The number of methoxy groups -OCH3 is 1. The summed E-state index contributed by atoms with van der Waals surface area (Å²) in [5.74, 6) is 0.343. The minimum absolute atomic E-state index is 0.0894. The molecule has 2 aromatic heterocycles. The van der Waals surface area contributed by atoms with Crippen molar-refractivity contribution < 1.29 is 9.53 Å². The summed E-state index contributed by atoms with van der Waals surface area (Å²) in [5, 5.41) is 11.4. The zero-order chi connectivity index (χ0) is 19.7.